The number of methoxy groups -OCH3 is 1. The van der Waals surface area contributed by atoms with Crippen LogP contribution in [0.15, 0.2) is 18.2 Å². The van der Waals surface area contributed by atoms with Gasteiger partial charge in [-0.05, 0) is 18.6 Å². The molecule has 0 saturated heterocycles. The van der Waals surface area contributed by atoms with E-state index in [2.05, 4.69) is 10.0 Å². The third kappa shape index (κ3) is 5.02. The second-order valence-corrected chi connectivity index (χ2v) is 5.89. The lowest BCUT2D eigenvalue weighted by Gasteiger charge is -2.09. The number of nitro groups is 1. The van der Waals surface area contributed by atoms with Gasteiger partial charge in [0.05, 0.1) is 18.3 Å². The highest BCUT2D eigenvalue weighted by molar-refractivity contribution is 7.88. The number of nitro benzene ring substituents is 1. The van der Waals surface area contributed by atoms with E-state index in [1.165, 1.54) is 13.2 Å². The van der Waals surface area contributed by atoms with Gasteiger partial charge in [-0.2, -0.15) is 0 Å². The van der Waals surface area contributed by atoms with E-state index in [4.69, 9.17) is 4.74 Å². The molecule has 0 spiro atoms. The minimum Gasteiger partial charge on any atom is -0.490 e. The largest absolute Gasteiger partial charge is 0.490 e. The van der Waals surface area contributed by atoms with Crippen molar-refractivity contribution in [1.29, 1.82) is 0 Å². The molecule has 0 unspecified atom stereocenters. The second-order valence-electron chi connectivity index (χ2n) is 4.06. The van der Waals surface area contributed by atoms with Gasteiger partial charge >= 0.3 is 5.69 Å². The molecule has 20 heavy (non-hydrogen) atoms. The maximum atomic E-state index is 11.0. The second kappa shape index (κ2) is 7.06. The maximum absolute atomic E-state index is 11.0. The summed E-state index contributed by atoms with van der Waals surface area (Å²) in [7, 11) is -1.84. The molecule has 0 aliphatic carbocycles. The van der Waals surface area contributed by atoms with Crippen molar-refractivity contribution in [3.8, 4) is 5.75 Å². The molecule has 9 heteroatoms. The molecule has 1 aromatic rings. The van der Waals surface area contributed by atoms with Crippen molar-refractivity contribution in [2.75, 3.05) is 31.8 Å². The van der Waals surface area contributed by atoms with Gasteiger partial charge in [0.25, 0.3) is 0 Å². The SMILES string of the molecule is COc1cccc(NCCCNS(C)(=O)=O)c1[N+](=O)[O-]. The maximum Gasteiger partial charge on any atom is 0.333 e. The minimum absolute atomic E-state index is 0.133. The van der Waals surface area contributed by atoms with Crippen LogP contribution < -0.4 is 14.8 Å². The molecule has 1 aromatic carbocycles. The Morgan fingerprint density at radius 1 is 1.35 bits per heavy atom. The number of benzene rings is 1. The lowest BCUT2D eigenvalue weighted by Crippen LogP contribution is -2.24. The van der Waals surface area contributed by atoms with E-state index >= 15 is 0 Å². The fourth-order valence-corrected chi connectivity index (χ4v) is 2.10. The molecule has 0 aliphatic rings. The smallest absolute Gasteiger partial charge is 0.333 e. The summed E-state index contributed by atoms with van der Waals surface area (Å²) in [6.45, 7) is 0.667. The fraction of sp³-hybridized carbons (Fsp3) is 0.455. The molecule has 0 amide bonds. The summed E-state index contributed by atoms with van der Waals surface area (Å²) < 4.78 is 29.0. The van der Waals surface area contributed by atoms with E-state index in [1.807, 2.05) is 0 Å². The number of nitrogens with one attached hydrogen (secondary N) is 2. The quantitative estimate of drug-likeness (QED) is 0.420. The minimum atomic E-state index is -3.21. The molecule has 0 aliphatic heterocycles. The van der Waals surface area contributed by atoms with Gasteiger partial charge in [0.2, 0.25) is 10.0 Å². The normalized spacial score (nSPS) is 11.1. The zero-order valence-corrected chi connectivity index (χ0v) is 12.1. The summed E-state index contributed by atoms with van der Waals surface area (Å²) in [6.07, 6.45) is 1.58. The zero-order chi connectivity index (χ0) is 15.2. The summed E-state index contributed by atoms with van der Waals surface area (Å²) in [5, 5.41) is 13.9. The molecule has 1 rings (SSSR count). The Morgan fingerprint density at radius 3 is 2.60 bits per heavy atom. The average molecular weight is 303 g/mol. The van der Waals surface area contributed by atoms with E-state index in [0.29, 0.717) is 18.7 Å². The van der Waals surface area contributed by atoms with Crippen LogP contribution in [0.5, 0.6) is 5.75 Å². The topological polar surface area (TPSA) is 111 Å². The van der Waals surface area contributed by atoms with Crippen LogP contribution in [0.25, 0.3) is 0 Å². The van der Waals surface area contributed by atoms with Crippen molar-refractivity contribution >= 4 is 21.4 Å². The molecule has 8 nitrogen and oxygen atoms in total. The van der Waals surface area contributed by atoms with Gasteiger partial charge in [0.1, 0.15) is 5.69 Å². The number of para-hydroxylation sites is 1. The van der Waals surface area contributed by atoms with Crippen molar-refractivity contribution in [3.05, 3.63) is 28.3 Å². The van der Waals surface area contributed by atoms with Crippen molar-refractivity contribution in [2.24, 2.45) is 0 Å². The van der Waals surface area contributed by atoms with E-state index in [1.54, 1.807) is 12.1 Å². The van der Waals surface area contributed by atoms with E-state index in [-0.39, 0.29) is 18.0 Å². The van der Waals surface area contributed by atoms with Gasteiger partial charge < -0.3 is 10.1 Å². The van der Waals surface area contributed by atoms with Gasteiger partial charge in [0.15, 0.2) is 5.75 Å². The predicted molar refractivity (Wildman–Crippen MR) is 75.6 cm³/mol. The Bertz CT molecular complexity index is 573. The van der Waals surface area contributed by atoms with Crippen LogP contribution in [0.2, 0.25) is 0 Å². The first kappa shape index (κ1) is 16.2. The summed E-state index contributed by atoms with van der Waals surface area (Å²) in [6, 6.07) is 4.72. The van der Waals surface area contributed by atoms with Crippen molar-refractivity contribution in [2.45, 2.75) is 6.42 Å². The van der Waals surface area contributed by atoms with Gasteiger partial charge in [-0.3, -0.25) is 10.1 Å². The molecular formula is C11H17N3O5S. The number of hydrogen-bond acceptors (Lipinski definition) is 6. The van der Waals surface area contributed by atoms with Crippen molar-refractivity contribution in [3.63, 3.8) is 0 Å². The van der Waals surface area contributed by atoms with Crippen molar-refractivity contribution in [1.82, 2.24) is 4.72 Å². The van der Waals surface area contributed by atoms with E-state index in [0.717, 1.165) is 6.26 Å². The molecule has 0 atom stereocenters. The number of rotatable bonds is 8. The van der Waals surface area contributed by atoms with Crippen LogP contribution in [0, 0.1) is 10.1 Å². The Morgan fingerprint density at radius 2 is 2.05 bits per heavy atom. The number of hydrogen-bond donors (Lipinski definition) is 2. The summed E-state index contributed by atoms with van der Waals surface area (Å²) in [5.41, 5.74) is 0.208. The van der Waals surface area contributed by atoms with Gasteiger partial charge in [-0.1, -0.05) is 6.07 Å². The summed E-state index contributed by atoms with van der Waals surface area (Å²) in [4.78, 5) is 10.5. The fourth-order valence-electron chi connectivity index (χ4n) is 1.59. The molecule has 0 bridgehead atoms. The highest BCUT2D eigenvalue weighted by atomic mass is 32.2. The van der Waals surface area contributed by atoms with Gasteiger partial charge in [0, 0.05) is 13.1 Å². The van der Waals surface area contributed by atoms with Crippen LogP contribution in [0.3, 0.4) is 0 Å². The van der Waals surface area contributed by atoms with Crippen LogP contribution in [-0.4, -0.2) is 39.8 Å². The Kier molecular flexibility index (Phi) is 5.71. The summed E-state index contributed by atoms with van der Waals surface area (Å²) in [5.74, 6) is 0.175. The zero-order valence-electron chi connectivity index (χ0n) is 11.3. The molecule has 2 N–H and O–H groups in total. The number of sulfonamides is 1. The Hall–Kier alpha value is -1.87. The van der Waals surface area contributed by atoms with Gasteiger partial charge in [-0.15, -0.1) is 0 Å². The Labute approximate surface area is 117 Å². The average Bonchev–Trinajstić information content (AvgIpc) is 2.36. The molecule has 112 valence electrons. The van der Waals surface area contributed by atoms with Crippen molar-refractivity contribution < 1.29 is 18.1 Å². The number of ether oxygens (including phenoxy) is 1. The van der Waals surface area contributed by atoms with E-state index < -0.39 is 14.9 Å². The lowest BCUT2D eigenvalue weighted by molar-refractivity contribution is -0.384. The van der Waals surface area contributed by atoms with Gasteiger partial charge in [-0.25, -0.2) is 13.1 Å². The summed E-state index contributed by atoms with van der Waals surface area (Å²) >= 11 is 0. The number of anilines is 1. The first-order valence-electron chi connectivity index (χ1n) is 5.85. The monoisotopic (exact) mass is 303 g/mol. The molecule has 0 saturated carbocycles. The molecular weight excluding hydrogens is 286 g/mol. The third-order valence-electron chi connectivity index (χ3n) is 2.43. The molecule has 0 aromatic heterocycles. The number of nitrogens with zero attached hydrogens (tertiary/aromatic N) is 1. The first-order valence-corrected chi connectivity index (χ1v) is 7.74. The highest BCUT2D eigenvalue weighted by Gasteiger charge is 2.19. The lowest BCUT2D eigenvalue weighted by atomic mass is 10.2. The first-order chi connectivity index (χ1) is 9.35. The molecule has 0 radical (unpaired) electrons. The van der Waals surface area contributed by atoms with Crippen LogP contribution in [0.1, 0.15) is 6.42 Å². The third-order valence-corrected chi connectivity index (χ3v) is 3.16. The van der Waals surface area contributed by atoms with Crippen LogP contribution in [-0.2, 0) is 10.0 Å². The standard InChI is InChI=1S/C11H17N3O5S/c1-19-10-6-3-5-9(11(10)14(15)16)12-7-4-8-13-20(2,17)18/h3,5-6,12-13H,4,7-8H2,1-2H3. The van der Waals surface area contributed by atoms with Crippen LogP contribution in [0.4, 0.5) is 11.4 Å². The molecule has 0 fully saturated rings. The van der Waals surface area contributed by atoms with Crippen LogP contribution >= 0.6 is 0 Å². The molecule has 0 heterocycles. The highest BCUT2D eigenvalue weighted by Crippen LogP contribution is 2.34. The van der Waals surface area contributed by atoms with E-state index in [9.17, 15) is 18.5 Å². The predicted octanol–water partition coefficient (Wildman–Crippen LogP) is 0.955. The Balaban J connectivity index is 2.62.